The summed E-state index contributed by atoms with van der Waals surface area (Å²) in [5, 5.41) is 12.9. The van der Waals surface area contributed by atoms with Gasteiger partial charge < -0.3 is 14.7 Å². The maximum atomic E-state index is 12.9. The maximum Gasteiger partial charge on any atom is 0.119 e. The van der Waals surface area contributed by atoms with Crippen LogP contribution in [0.4, 0.5) is 5.69 Å². The van der Waals surface area contributed by atoms with Crippen molar-refractivity contribution in [2.24, 2.45) is 0 Å². The standard InChI is InChI=1S/C38H46N2O2/c1-4-5-27-42-35-21-19-34(20-22-35)38(41,28-32-14-8-6-9-15-32)36(33-16-10-7-11-17-33)29-39-23-25-40(26-24-39)37-18-12-13-30(2)31(37)3/h6-22,36,41H,4-5,23-29H2,1-3H3. The van der Waals surface area contributed by atoms with Crippen LogP contribution in [0.5, 0.6) is 5.75 Å². The van der Waals surface area contributed by atoms with Gasteiger partial charge in [-0.2, -0.15) is 0 Å². The molecule has 2 atom stereocenters. The average molecular weight is 563 g/mol. The molecule has 0 bridgehead atoms. The number of hydrogen-bond donors (Lipinski definition) is 1. The summed E-state index contributed by atoms with van der Waals surface area (Å²) in [6.07, 6.45) is 2.67. The molecule has 1 aliphatic rings. The van der Waals surface area contributed by atoms with E-state index in [1.165, 1.54) is 16.8 Å². The molecule has 220 valence electrons. The molecule has 4 nitrogen and oxygen atoms in total. The molecule has 0 aromatic heterocycles. The predicted octanol–water partition coefficient (Wildman–Crippen LogP) is 7.52. The summed E-state index contributed by atoms with van der Waals surface area (Å²) in [4.78, 5) is 5.06. The third kappa shape index (κ3) is 7.06. The van der Waals surface area contributed by atoms with E-state index in [4.69, 9.17) is 4.74 Å². The van der Waals surface area contributed by atoms with Gasteiger partial charge in [0.25, 0.3) is 0 Å². The van der Waals surface area contributed by atoms with Crippen LogP contribution >= 0.6 is 0 Å². The van der Waals surface area contributed by atoms with E-state index in [1.807, 2.05) is 18.2 Å². The first-order chi connectivity index (χ1) is 20.5. The van der Waals surface area contributed by atoms with Gasteiger partial charge in [-0.1, -0.05) is 98.3 Å². The predicted molar refractivity (Wildman–Crippen MR) is 175 cm³/mol. The van der Waals surface area contributed by atoms with E-state index in [2.05, 4.69) is 116 Å². The van der Waals surface area contributed by atoms with E-state index in [9.17, 15) is 5.11 Å². The van der Waals surface area contributed by atoms with Gasteiger partial charge in [-0.15, -0.1) is 0 Å². The first-order valence-electron chi connectivity index (χ1n) is 15.6. The van der Waals surface area contributed by atoms with Crippen molar-refractivity contribution >= 4 is 5.69 Å². The highest BCUT2D eigenvalue weighted by atomic mass is 16.5. The van der Waals surface area contributed by atoms with Crippen molar-refractivity contribution < 1.29 is 9.84 Å². The van der Waals surface area contributed by atoms with Crippen LogP contribution in [-0.2, 0) is 12.0 Å². The molecular weight excluding hydrogens is 516 g/mol. The first kappa shape index (κ1) is 29.9. The fourth-order valence-electron chi connectivity index (χ4n) is 6.23. The minimum absolute atomic E-state index is 0.113. The lowest BCUT2D eigenvalue weighted by Gasteiger charge is -2.43. The third-order valence-corrected chi connectivity index (χ3v) is 8.95. The van der Waals surface area contributed by atoms with Gasteiger partial charge in [0.2, 0.25) is 0 Å². The van der Waals surface area contributed by atoms with Crippen LogP contribution in [0, 0.1) is 13.8 Å². The Morgan fingerprint density at radius 3 is 2.12 bits per heavy atom. The number of anilines is 1. The van der Waals surface area contributed by atoms with Gasteiger partial charge in [0, 0.05) is 50.7 Å². The van der Waals surface area contributed by atoms with Crippen molar-refractivity contribution in [2.45, 2.75) is 51.6 Å². The van der Waals surface area contributed by atoms with E-state index in [0.717, 1.165) is 68.0 Å². The van der Waals surface area contributed by atoms with Gasteiger partial charge >= 0.3 is 0 Å². The molecule has 4 heteroatoms. The van der Waals surface area contributed by atoms with Crippen molar-refractivity contribution in [3.63, 3.8) is 0 Å². The first-order valence-corrected chi connectivity index (χ1v) is 15.6. The molecule has 1 aliphatic heterocycles. The van der Waals surface area contributed by atoms with Crippen LogP contribution in [0.1, 0.15) is 53.5 Å². The number of piperazine rings is 1. The molecule has 4 aromatic rings. The van der Waals surface area contributed by atoms with Crippen molar-refractivity contribution in [3.05, 3.63) is 131 Å². The molecule has 1 heterocycles. The summed E-state index contributed by atoms with van der Waals surface area (Å²) in [6.45, 7) is 12.0. The minimum atomic E-state index is -1.10. The quantitative estimate of drug-likeness (QED) is 0.181. The SMILES string of the molecule is CCCCOc1ccc(C(O)(Cc2ccccc2)C(CN2CCN(c3cccc(C)c3C)CC2)c2ccccc2)cc1. The number of hydrogen-bond acceptors (Lipinski definition) is 4. The zero-order valence-corrected chi connectivity index (χ0v) is 25.5. The molecule has 0 saturated carbocycles. The fraction of sp³-hybridized carbons (Fsp3) is 0.368. The fourth-order valence-corrected chi connectivity index (χ4v) is 6.23. The molecule has 1 saturated heterocycles. The molecule has 1 fully saturated rings. The number of rotatable bonds is 12. The van der Waals surface area contributed by atoms with Crippen molar-refractivity contribution in [3.8, 4) is 5.75 Å². The second-order valence-electron chi connectivity index (χ2n) is 11.8. The Morgan fingerprint density at radius 2 is 1.45 bits per heavy atom. The van der Waals surface area contributed by atoms with Gasteiger partial charge in [-0.25, -0.2) is 0 Å². The van der Waals surface area contributed by atoms with E-state index < -0.39 is 5.60 Å². The van der Waals surface area contributed by atoms with E-state index in [0.29, 0.717) is 13.0 Å². The summed E-state index contributed by atoms with van der Waals surface area (Å²) in [6, 6.07) is 35.8. The number of aryl methyl sites for hydroxylation is 1. The van der Waals surface area contributed by atoms with Gasteiger partial charge in [0.15, 0.2) is 0 Å². The second kappa shape index (κ2) is 14.0. The van der Waals surface area contributed by atoms with Crippen LogP contribution in [0.3, 0.4) is 0 Å². The van der Waals surface area contributed by atoms with Crippen LogP contribution < -0.4 is 9.64 Å². The Labute approximate surface area is 252 Å². The number of benzene rings is 4. The lowest BCUT2D eigenvalue weighted by Crippen LogP contribution is -2.50. The lowest BCUT2D eigenvalue weighted by atomic mass is 9.73. The van der Waals surface area contributed by atoms with Crippen LogP contribution in [0.25, 0.3) is 0 Å². The van der Waals surface area contributed by atoms with E-state index >= 15 is 0 Å². The molecule has 0 spiro atoms. The Morgan fingerprint density at radius 1 is 0.786 bits per heavy atom. The van der Waals surface area contributed by atoms with Gasteiger partial charge in [-0.05, 0) is 66.3 Å². The molecule has 0 amide bonds. The average Bonchev–Trinajstić information content (AvgIpc) is 3.03. The number of ether oxygens (including phenoxy) is 1. The van der Waals surface area contributed by atoms with E-state index in [-0.39, 0.29) is 5.92 Å². The summed E-state index contributed by atoms with van der Waals surface area (Å²) in [7, 11) is 0. The Balaban J connectivity index is 1.43. The zero-order valence-electron chi connectivity index (χ0n) is 25.5. The highest BCUT2D eigenvalue weighted by Gasteiger charge is 2.41. The van der Waals surface area contributed by atoms with Gasteiger partial charge in [-0.3, -0.25) is 4.90 Å². The van der Waals surface area contributed by atoms with Gasteiger partial charge in [0.05, 0.1) is 6.61 Å². The monoisotopic (exact) mass is 562 g/mol. The normalized spacial score (nSPS) is 16.1. The minimum Gasteiger partial charge on any atom is -0.494 e. The number of nitrogens with zero attached hydrogens (tertiary/aromatic N) is 2. The zero-order chi connectivity index (χ0) is 29.4. The summed E-state index contributed by atoms with van der Waals surface area (Å²) in [5.74, 6) is 0.742. The maximum absolute atomic E-state index is 12.9. The summed E-state index contributed by atoms with van der Waals surface area (Å²) in [5.41, 5.74) is 6.17. The Hall–Kier alpha value is -3.60. The second-order valence-corrected chi connectivity index (χ2v) is 11.8. The largest absolute Gasteiger partial charge is 0.494 e. The lowest BCUT2D eigenvalue weighted by molar-refractivity contribution is -0.00554. The third-order valence-electron chi connectivity index (χ3n) is 8.95. The molecule has 5 rings (SSSR count). The smallest absolute Gasteiger partial charge is 0.119 e. The molecule has 1 N–H and O–H groups in total. The highest BCUT2D eigenvalue weighted by molar-refractivity contribution is 5.56. The molecule has 2 unspecified atom stereocenters. The highest BCUT2D eigenvalue weighted by Crippen LogP contribution is 2.41. The molecule has 0 radical (unpaired) electrons. The van der Waals surface area contributed by atoms with Crippen molar-refractivity contribution in [2.75, 3.05) is 44.2 Å². The Kier molecular flexibility index (Phi) is 9.99. The molecular formula is C38H46N2O2. The number of unbranched alkanes of at least 4 members (excludes halogenated alkanes) is 1. The van der Waals surface area contributed by atoms with E-state index in [1.54, 1.807) is 0 Å². The van der Waals surface area contributed by atoms with Crippen LogP contribution in [0.15, 0.2) is 103 Å². The van der Waals surface area contributed by atoms with Gasteiger partial charge in [0.1, 0.15) is 11.4 Å². The summed E-state index contributed by atoms with van der Waals surface area (Å²) >= 11 is 0. The van der Waals surface area contributed by atoms with Crippen LogP contribution in [0.2, 0.25) is 0 Å². The Bertz CT molecular complexity index is 1380. The summed E-state index contributed by atoms with van der Waals surface area (Å²) < 4.78 is 5.97. The molecule has 42 heavy (non-hydrogen) atoms. The van der Waals surface area contributed by atoms with Crippen molar-refractivity contribution in [1.29, 1.82) is 0 Å². The topological polar surface area (TPSA) is 35.9 Å². The molecule has 0 aliphatic carbocycles. The van der Waals surface area contributed by atoms with Crippen LogP contribution in [-0.4, -0.2) is 49.3 Å². The van der Waals surface area contributed by atoms with Crippen molar-refractivity contribution in [1.82, 2.24) is 4.90 Å². The number of aliphatic hydroxyl groups is 1. The molecule has 4 aromatic carbocycles.